The van der Waals surface area contributed by atoms with Crippen LogP contribution in [0.25, 0.3) is 0 Å². The van der Waals surface area contributed by atoms with Crippen molar-refractivity contribution < 1.29 is 66.0 Å². The van der Waals surface area contributed by atoms with Crippen molar-refractivity contribution in [1.29, 1.82) is 0 Å². The van der Waals surface area contributed by atoms with Crippen LogP contribution in [0.4, 0.5) is 0 Å². The third kappa shape index (κ3) is 9.12. The minimum Gasteiger partial charge on any atom is -1.00 e. The fourth-order valence-electron chi connectivity index (χ4n) is 8.80. The molecule has 0 amide bonds. The summed E-state index contributed by atoms with van der Waals surface area (Å²) in [5, 5.41) is 0. The molecule has 4 unspecified atom stereocenters. The largest absolute Gasteiger partial charge is 1.00 e. The van der Waals surface area contributed by atoms with Crippen LogP contribution in [0, 0.1) is 23.7 Å². The molecule has 4 aliphatic rings. The van der Waals surface area contributed by atoms with Crippen molar-refractivity contribution in [3.8, 4) is 0 Å². The second-order valence-corrected chi connectivity index (χ2v) is 61.5. The van der Waals surface area contributed by atoms with Crippen LogP contribution in [0.1, 0.15) is 111 Å². The van der Waals surface area contributed by atoms with Gasteiger partial charge >= 0.3 is 294 Å². The predicted octanol–water partition coefficient (Wildman–Crippen LogP) is 6.22. The van der Waals surface area contributed by atoms with E-state index in [2.05, 4.69) is 135 Å². The first kappa shape index (κ1) is 44.7. The number of hydrogen-bond acceptors (Lipinski definition) is 0. The molecule has 0 bridgehead atoms. The summed E-state index contributed by atoms with van der Waals surface area (Å²) >= 11 is -3.79. The second-order valence-electron chi connectivity index (χ2n) is 14.7. The summed E-state index contributed by atoms with van der Waals surface area (Å²) in [4.78, 5) is 0. The van der Waals surface area contributed by atoms with Gasteiger partial charge in [0.2, 0.25) is 0 Å². The van der Waals surface area contributed by atoms with Crippen LogP contribution in [0.3, 0.4) is 0 Å². The molecule has 0 aromatic rings. The van der Waals surface area contributed by atoms with E-state index in [1.807, 2.05) is 13.3 Å². The summed E-state index contributed by atoms with van der Waals surface area (Å²) < 4.78 is 7.92. The maximum atomic E-state index is 2.50. The molecule has 256 valence electrons. The Labute approximate surface area is 315 Å². The van der Waals surface area contributed by atoms with Crippen molar-refractivity contribution in [2.45, 2.75) is 135 Å². The van der Waals surface area contributed by atoms with Gasteiger partial charge in [0.1, 0.15) is 0 Å². The SMILES string of the molecule is CC[SiH](CC)[Hf+]([C]1=C(C)C=C(C)C1C)[C]1=C(C)C=C(C)C1C.CC[SiH](CC)[Hf+]([C]1=C(C)C=C(C)C1C)[C]1=C(C)C=C(C)C1C.[Cl-].[Cl-]. The van der Waals surface area contributed by atoms with E-state index in [9.17, 15) is 0 Å². The summed E-state index contributed by atoms with van der Waals surface area (Å²) in [6.45, 7) is 38.9. The molecule has 0 heterocycles. The zero-order valence-electron chi connectivity index (χ0n) is 32.4. The standard InChI is InChI=1S/4C8H11.2C4H11Si.2ClH.2Hf/c4*1-6-4-7(2)8(3)5-6;2*1-3-5-4-2;;;;/h4*4,8H,1-3H3;2*5H,3-4H2,1-2H3;2*1H;;/q;;;;;;;;2*+1/p-2. The zero-order valence-corrected chi connectivity index (χ0v) is 43.4. The van der Waals surface area contributed by atoms with Gasteiger partial charge in [-0.2, -0.15) is 0 Å². The Hall–Kier alpha value is 0.674. The molecule has 4 aliphatic carbocycles. The van der Waals surface area contributed by atoms with Gasteiger partial charge < -0.3 is 24.8 Å². The monoisotopic (exact) mass is 1030 g/mol. The summed E-state index contributed by atoms with van der Waals surface area (Å²) in [7, 11) is 0. The van der Waals surface area contributed by atoms with E-state index in [-0.39, 0.29) is 24.8 Å². The van der Waals surface area contributed by atoms with Gasteiger partial charge in [-0.15, -0.1) is 0 Å². The third-order valence-electron chi connectivity index (χ3n) is 11.9. The smallest absolute Gasteiger partial charge is 1.00 e. The van der Waals surface area contributed by atoms with Crippen molar-refractivity contribution in [2.24, 2.45) is 23.7 Å². The molecular formula is C40H66Cl2Hf2Si2. The molecule has 4 rings (SSSR count). The van der Waals surface area contributed by atoms with E-state index >= 15 is 0 Å². The van der Waals surface area contributed by atoms with E-state index in [1.165, 1.54) is 24.2 Å². The van der Waals surface area contributed by atoms with Crippen molar-refractivity contribution in [1.82, 2.24) is 0 Å². The Morgan fingerprint density at radius 3 is 0.696 bits per heavy atom. The summed E-state index contributed by atoms with van der Waals surface area (Å²) in [5.74, 6) is 1.78. The Morgan fingerprint density at radius 2 is 0.587 bits per heavy atom. The number of rotatable bonds is 10. The van der Waals surface area contributed by atoms with Crippen LogP contribution in [0.5, 0.6) is 0 Å². The van der Waals surface area contributed by atoms with E-state index in [0.717, 1.165) is 23.7 Å². The zero-order chi connectivity index (χ0) is 33.2. The Bertz CT molecular complexity index is 1170. The van der Waals surface area contributed by atoms with Crippen molar-refractivity contribution >= 4 is 12.0 Å². The molecule has 46 heavy (non-hydrogen) atoms. The van der Waals surface area contributed by atoms with E-state index in [0.29, 0.717) is 0 Å². The Morgan fingerprint density at radius 1 is 0.413 bits per heavy atom. The topological polar surface area (TPSA) is 0 Å². The maximum Gasteiger partial charge on any atom is -1.00 e. The summed E-state index contributed by atoms with van der Waals surface area (Å²) in [6, 6.07) is 6.01. The van der Waals surface area contributed by atoms with Gasteiger partial charge in [-0.1, -0.05) is 0 Å². The van der Waals surface area contributed by atoms with E-state index < -0.39 is 53.2 Å². The molecule has 0 saturated carbocycles. The molecule has 0 aromatic carbocycles. The molecule has 0 spiro atoms. The van der Waals surface area contributed by atoms with Crippen LogP contribution in [0.2, 0.25) is 24.2 Å². The summed E-state index contributed by atoms with van der Waals surface area (Å²) in [5.41, 5.74) is 13.1. The number of hydrogen-bond donors (Lipinski definition) is 0. The Balaban J connectivity index is 0.000000441. The van der Waals surface area contributed by atoms with Crippen molar-refractivity contribution in [3.05, 3.63) is 82.2 Å². The molecule has 4 atom stereocenters. The maximum absolute atomic E-state index is 2.50. The van der Waals surface area contributed by atoms with Crippen molar-refractivity contribution in [3.63, 3.8) is 0 Å². The normalized spacial score (nSPS) is 24.2. The molecule has 0 N–H and O–H groups in total. The molecular weight excluding hydrogens is 964 g/mol. The predicted molar refractivity (Wildman–Crippen MR) is 199 cm³/mol. The van der Waals surface area contributed by atoms with E-state index in [4.69, 9.17) is 0 Å². The van der Waals surface area contributed by atoms with Gasteiger partial charge in [0, 0.05) is 0 Å². The van der Waals surface area contributed by atoms with Crippen molar-refractivity contribution in [2.75, 3.05) is 0 Å². The van der Waals surface area contributed by atoms with Gasteiger partial charge in [-0.25, -0.2) is 0 Å². The van der Waals surface area contributed by atoms with Crippen LogP contribution in [0.15, 0.2) is 82.2 Å². The van der Waals surface area contributed by atoms with Crippen LogP contribution >= 0.6 is 0 Å². The molecule has 0 nitrogen and oxygen atoms in total. The average molecular weight is 1030 g/mol. The molecule has 0 saturated heterocycles. The minimum atomic E-state index is -1.89. The fraction of sp³-hybridized carbons (Fsp3) is 0.600. The average Bonchev–Trinajstić information content (AvgIpc) is 3.57. The van der Waals surface area contributed by atoms with Gasteiger partial charge in [0.25, 0.3) is 0 Å². The first-order valence-corrected chi connectivity index (χ1v) is 42.0. The minimum absolute atomic E-state index is 0. The first-order valence-electron chi connectivity index (χ1n) is 18.0. The quantitative estimate of drug-likeness (QED) is 0.228. The van der Waals surface area contributed by atoms with Crippen LogP contribution < -0.4 is 24.8 Å². The molecule has 0 fully saturated rings. The number of halogens is 2. The van der Waals surface area contributed by atoms with Gasteiger partial charge in [-0.3, -0.25) is 0 Å². The molecule has 6 heteroatoms. The first-order chi connectivity index (χ1) is 20.7. The Kier molecular flexibility index (Phi) is 18.8. The molecule has 0 aromatic heterocycles. The van der Waals surface area contributed by atoms with Crippen LogP contribution in [-0.4, -0.2) is 12.0 Å². The van der Waals surface area contributed by atoms with E-state index in [1.54, 1.807) is 44.6 Å². The number of allylic oxidation sites excluding steroid dienone is 16. The molecule has 0 aliphatic heterocycles. The third-order valence-corrected chi connectivity index (χ3v) is 83.1. The summed E-state index contributed by atoms with van der Waals surface area (Å²) in [6.07, 6.45) is 9.99. The van der Waals surface area contributed by atoms with Crippen LogP contribution in [-0.2, 0) is 41.2 Å². The molecule has 0 radical (unpaired) electrons. The van der Waals surface area contributed by atoms with Gasteiger partial charge in [0.15, 0.2) is 0 Å². The fourth-order valence-corrected chi connectivity index (χ4v) is 84.8. The van der Waals surface area contributed by atoms with Gasteiger partial charge in [0.05, 0.1) is 0 Å². The second kappa shape index (κ2) is 19.3. The van der Waals surface area contributed by atoms with Gasteiger partial charge in [-0.05, 0) is 0 Å².